The number of carbonyl (C=O) groups excluding carboxylic acids is 2. The van der Waals surface area contributed by atoms with Crippen molar-refractivity contribution in [2.75, 3.05) is 38.6 Å². The molecule has 0 aliphatic carbocycles. The Morgan fingerprint density at radius 2 is 1.83 bits per heavy atom. The van der Waals surface area contributed by atoms with E-state index in [0.29, 0.717) is 29.3 Å². The molecule has 3 aliphatic heterocycles. The zero-order valence-electron chi connectivity index (χ0n) is 25.4. The third kappa shape index (κ3) is 6.16. The molecule has 0 radical (unpaired) electrons. The number of carbonyl (C=O) groups is 2. The Bertz CT molecular complexity index is 1710. The zero-order valence-corrected chi connectivity index (χ0v) is 27.0. The van der Waals surface area contributed by atoms with Gasteiger partial charge in [0, 0.05) is 30.0 Å². The van der Waals surface area contributed by atoms with Gasteiger partial charge in [0.2, 0.25) is 11.8 Å². The number of pyridine rings is 1. The fraction of sp³-hybridized carbons (Fsp3) is 0.406. The van der Waals surface area contributed by atoms with Crippen LogP contribution >= 0.6 is 11.6 Å². The maximum absolute atomic E-state index is 14.8. The summed E-state index contributed by atoms with van der Waals surface area (Å²) in [6, 6.07) is 12.9. The van der Waals surface area contributed by atoms with Crippen LogP contribution in [0, 0.1) is 5.82 Å². The molecule has 0 bridgehead atoms. The minimum atomic E-state index is -4.57. The molecule has 4 heterocycles. The van der Waals surface area contributed by atoms with E-state index >= 15 is 0 Å². The Kier molecular flexibility index (Phi) is 9.19. The topological polar surface area (TPSA) is 121 Å². The summed E-state index contributed by atoms with van der Waals surface area (Å²) in [4.78, 5) is 37.8. The molecule has 2 fully saturated rings. The molecule has 2 saturated heterocycles. The Morgan fingerprint density at radius 3 is 2.54 bits per heavy atom. The first-order valence-electron chi connectivity index (χ1n) is 15.2. The Morgan fingerprint density at radius 1 is 1.09 bits per heavy atom. The van der Waals surface area contributed by atoms with E-state index in [1.807, 2.05) is 20.0 Å². The van der Waals surface area contributed by atoms with Crippen molar-refractivity contribution in [3.8, 4) is 5.88 Å². The molecule has 0 spiro atoms. The molecule has 46 heavy (non-hydrogen) atoms. The average molecular weight is 672 g/mol. The van der Waals surface area contributed by atoms with Gasteiger partial charge < -0.3 is 19.1 Å². The van der Waals surface area contributed by atoms with Crippen LogP contribution in [-0.4, -0.2) is 91.0 Å². The standard InChI is InChI=1S/C32H35ClFN5O6S/c1-3-44-31-23(10-7-15-35-31)28-29(27-24-18-20(34)11-12-25(24)36-30(27)40)39(26(33)19-38(28)21-13-16-37(2)17-14-21)32(41)45-46(42,43)22-8-5-4-6-9-22/h4-12,15,18,21,26-29H,3,13-14,16-17,19H2,1-2H3,(H,36,40). The van der Waals surface area contributed by atoms with Gasteiger partial charge in [-0.25, -0.2) is 14.2 Å². The molecule has 6 rings (SSSR count). The van der Waals surface area contributed by atoms with Crippen LogP contribution in [0.4, 0.5) is 14.9 Å². The number of rotatable bonds is 7. The van der Waals surface area contributed by atoms with Crippen molar-refractivity contribution in [1.29, 1.82) is 0 Å². The van der Waals surface area contributed by atoms with E-state index in [1.165, 1.54) is 42.5 Å². The first-order valence-corrected chi connectivity index (χ1v) is 17.0. The molecule has 14 heteroatoms. The van der Waals surface area contributed by atoms with Crippen molar-refractivity contribution >= 4 is 39.4 Å². The fourth-order valence-corrected chi connectivity index (χ4v) is 8.04. The van der Waals surface area contributed by atoms with Gasteiger partial charge in [0.1, 0.15) is 16.2 Å². The van der Waals surface area contributed by atoms with E-state index in [-0.39, 0.29) is 17.5 Å². The van der Waals surface area contributed by atoms with Crippen molar-refractivity contribution in [2.45, 2.75) is 54.2 Å². The van der Waals surface area contributed by atoms with Crippen LogP contribution in [0.1, 0.15) is 42.9 Å². The number of nitrogens with zero attached hydrogens (tertiary/aromatic N) is 4. The molecule has 4 unspecified atom stereocenters. The molecule has 3 aromatic rings. The minimum Gasteiger partial charge on any atom is -0.478 e. The number of alkyl halides is 1. The summed E-state index contributed by atoms with van der Waals surface area (Å²) in [5, 5.41) is 2.81. The molecule has 1 N–H and O–H groups in total. The fourth-order valence-electron chi connectivity index (χ4n) is 6.81. The van der Waals surface area contributed by atoms with Crippen molar-refractivity contribution in [1.82, 2.24) is 19.7 Å². The number of nitrogens with one attached hydrogen (secondary N) is 1. The number of fused-ring (bicyclic) bond motifs is 1. The van der Waals surface area contributed by atoms with E-state index in [2.05, 4.69) is 20.1 Å². The van der Waals surface area contributed by atoms with Gasteiger partial charge in [-0.05, 0) is 81.9 Å². The zero-order chi connectivity index (χ0) is 32.6. The summed E-state index contributed by atoms with van der Waals surface area (Å²) in [6.07, 6.45) is 1.90. The van der Waals surface area contributed by atoms with Crippen LogP contribution in [0.2, 0.25) is 0 Å². The van der Waals surface area contributed by atoms with Gasteiger partial charge in [0.25, 0.3) is 0 Å². The number of hydrogen-bond donors (Lipinski definition) is 1. The number of hydrogen-bond acceptors (Lipinski definition) is 9. The summed E-state index contributed by atoms with van der Waals surface area (Å²) in [6.45, 7) is 3.88. The van der Waals surface area contributed by atoms with Crippen LogP contribution in [0.15, 0.2) is 71.8 Å². The highest BCUT2D eigenvalue weighted by atomic mass is 35.5. The lowest BCUT2D eigenvalue weighted by Crippen LogP contribution is -2.65. The average Bonchev–Trinajstić information content (AvgIpc) is 3.36. The van der Waals surface area contributed by atoms with Gasteiger partial charge in [0.15, 0.2) is 0 Å². The number of amides is 2. The van der Waals surface area contributed by atoms with Crippen molar-refractivity contribution < 1.29 is 31.3 Å². The van der Waals surface area contributed by atoms with Crippen LogP contribution in [0.3, 0.4) is 0 Å². The SMILES string of the molecule is CCOc1ncccc1C1C(C2C(=O)Nc3ccc(F)cc32)N(C(=O)OS(=O)(=O)c2ccccc2)C(Cl)CN1C1CCN(C)CC1. The Labute approximate surface area is 272 Å². The predicted octanol–water partition coefficient (Wildman–Crippen LogP) is 4.57. The lowest BCUT2D eigenvalue weighted by atomic mass is 9.80. The summed E-state index contributed by atoms with van der Waals surface area (Å²) >= 11 is 7.05. The smallest absolute Gasteiger partial charge is 0.427 e. The largest absolute Gasteiger partial charge is 0.478 e. The molecule has 244 valence electrons. The molecule has 4 atom stereocenters. The second-order valence-electron chi connectivity index (χ2n) is 11.7. The molecule has 1 aromatic heterocycles. The van der Waals surface area contributed by atoms with Crippen molar-refractivity contribution in [3.63, 3.8) is 0 Å². The monoisotopic (exact) mass is 671 g/mol. The van der Waals surface area contributed by atoms with E-state index in [1.54, 1.807) is 18.3 Å². The van der Waals surface area contributed by atoms with Gasteiger partial charge in [-0.1, -0.05) is 35.9 Å². The number of aromatic nitrogens is 1. The van der Waals surface area contributed by atoms with Crippen LogP contribution in [-0.2, 0) is 19.1 Å². The van der Waals surface area contributed by atoms with Gasteiger partial charge in [-0.3, -0.25) is 14.6 Å². The minimum absolute atomic E-state index is 0.0118. The first-order chi connectivity index (χ1) is 22.1. The number of piperazine rings is 1. The highest BCUT2D eigenvalue weighted by Gasteiger charge is 2.55. The third-order valence-corrected chi connectivity index (χ3v) is 10.4. The Balaban J connectivity index is 1.53. The van der Waals surface area contributed by atoms with E-state index in [4.69, 9.17) is 20.5 Å². The number of benzene rings is 2. The molecule has 11 nitrogen and oxygen atoms in total. The lowest BCUT2D eigenvalue weighted by Gasteiger charge is -2.54. The Hall–Kier alpha value is -3.78. The van der Waals surface area contributed by atoms with E-state index < -0.39 is 51.4 Å². The third-order valence-electron chi connectivity index (χ3n) is 8.88. The molecule has 2 aromatic carbocycles. The highest BCUT2D eigenvalue weighted by molar-refractivity contribution is 7.87. The van der Waals surface area contributed by atoms with Gasteiger partial charge in [-0.15, -0.1) is 0 Å². The maximum atomic E-state index is 14.8. The summed E-state index contributed by atoms with van der Waals surface area (Å²) in [7, 11) is -2.52. The van der Waals surface area contributed by atoms with Gasteiger partial charge in [-0.2, -0.15) is 8.42 Å². The highest BCUT2D eigenvalue weighted by Crippen LogP contribution is 2.49. The number of likely N-dealkylation sites (tertiary alicyclic amines) is 1. The van der Waals surface area contributed by atoms with Gasteiger partial charge in [0.05, 0.1) is 24.6 Å². The predicted molar refractivity (Wildman–Crippen MR) is 169 cm³/mol. The molecule has 0 saturated carbocycles. The number of piperidine rings is 1. The summed E-state index contributed by atoms with van der Waals surface area (Å²) in [5.74, 6) is -1.91. The molecule has 3 aliphatic rings. The summed E-state index contributed by atoms with van der Waals surface area (Å²) < 4.78 is 52.5. The second-order valence-corrected chi connectivity index (χ2v) is 13.7. The van der Waals surface area contributed by atoms with E-state index in [0.717, 1.165) is 30.8 Å². The number of halogens is 2. The van der Waals surface area contributed by atoms with Gasteiger partial charge >= 0.3 is 16.2 Å². The van der Waals surface area contributed by atoms with E-state index in [9.17, 15) is 22.4 Å². The molecular formula is C32H35ClFN5O6S. The maximum Gasteiger partial charge on any atom is 0.427 e. The normalized spacial score (nSPS) is 24.3. The first kappa shape index (κ1) is 32.2. The second kappa shape index (κ2) is 13.1. The molecule has 2 amide bonds. The molecular weight excluding hydrogens is 637 g/mol. The quantitative estimate of drug-likeness (QED) is 0.219. The number of ether oxygens (including phenoxy) is 1. The van der Waals surface area contributed by atoms with Crippen molar-refractivity contribution in [2.24, 2.45) is 0 Å². The van der Waals surface area contributed by atoms with Crippen LogP contribution < -0.4 is 10.1 Å². The van der Waals surface area contributed by atoms with Crippen LogP contribution in [0.5, 0.6) is 5.88 Å². The summed E-state index contributed by atoms with van der Waals surface area (Å²) in [5.41, 5.74) is 0.175. The van der Waals surface area contributed by atoms with Crippen LogP contribution in [0.25, 0.3) is 0 Å². The number of anilines is 1. The van der Waals surface area contributed by atoms with Crippen molar-refractivity contribution in [3.05, 3.63) is 83.8 Å². The lowest BCUT2D eigenvalue weighted by molar-refractivity contribution is -0.120.